The third-order valence-electron chi connectivity index (χ3n) is 5.74. The molecule has 1 atom stereocenters. The zero-order valence-electron chi connectivity index (χ0n) is 16.8. The summed E-state index contributed by atoms with van der Waals surface area (Å²) in [5.74, 6) is 1.46. The van der Waals surface area contributed by atoms with Crippen LogP contribution in [-0.4, -0.2) is 62.9 Å². The molecule has 1 unspecified atom stereocenters. The lowest BCUT2D eigenvalue weighted by Gasteiger charge is -2.32. The van der Waals surface area contributed by atoms with Crippen molar-refractivity contribution in [2.24, 2.45) is 0 Å². The SMILES string of the molecule is Cc1noc(CCC(=O)N2CCCC(c3ccc(C(=O)N4CCCC4)cn3)C2)n1. The third kappa shape index (κ3) is 4.63. The maximum atomic E-state index is 12.6. The number of aryl methyl sites for hydroxylation is 2. The molecule has 2 amide bonds. The number of carbonyl (C=O) groups excluding carboxylic acids is 2. The van der Waals surface area contributed by atoms with Gasteiger partial charge in [-0.05, 0) is 44.7 Å². The summed E-state index contributed by atoms with van der Waals surface area (Å²) in [7, 11) is 0. The number of piperidine rings is 1. The molecule has 4 rings (SSSR count). The Kier molecular flexibility index (Phi) is 5.87. The Hall–Kier alpha value is -2.77. The highest BCUT2D eigenvalue weighted by molar-refractivity contribution is 5.94. The van der Waals surface area contributed by atoms with Crippen molar-refractivity contribution in [3.63, 3.8) is 0 Å². The van der Waals surface area contributed by atoms with Gasteiger partial charge in [0.05, 0.1) is 5.56 Å². The number of hydrogen-bond donors (Lipinski definition) is 0. The first-order valence-corrected chi connectivity index (χ1v) is 10.4. The molecule has 8 heteroatoms. The normalized spacial score (nSPS) is 19.6. The molecule has 0 aromatic carbocycles. The number of rotatable bonds is 5. The van der Waals surface area contributed by atoms with Crippen LogP contribution in [-0.2, 0) is 11.2 Å². The van der Waals surface area contributed by atoms with Crippen LogP contribution in [0.1, 0.15) is 65.8 Å². The van der Waals surface area contributed by atoms with Crippen molar-refractivity contribution < 1.29 is 14.1 Å². The maximum absolute atomic E-state index is 12.6. The second-order valence-electron chi connectivity index (χ2n) is 7.89. The predicted molar refractivity (Wildman–Crippen MR) is 105 cm³/mol. The third-order valence-corrected chi connectivity index (χ3v) is 5.74. The average Bonchev–Trinajstić information content (AvgIpc) is 3.44. The van der Waals surface area contributed by atoms with E-state index in [2.05, 4.69) is 15.1 Å². The number of hydrogen-bond acceptors (Lipinski definition) is 6. The van der Waals surface area contributed by atoms with Gasteiger partial charge in [0.15, 0.2) is 5.82 Å². The topological polar surface area (TPSA) is 92.4 Å². The molecule has 0 radical (unpaired) electrons. The second-order valence-corrected chi connectivity index (χ2v) is 7.89. The lowest BCUT2D eigenvalue weighted by atomic mass is 9.93. The molecule has 2 aliphatic rings. The molecule has 2 saturated heterocycles. The highest BCUT2D eigenvalue weighted by Gasteiger charge is 2.26. The Balaban J connectivity index is 1.33. The van der Waals surface area contributed by atoms with E-state index in [4.69, 9.17) is 4.52 Å². The van der Waals surface area contributed by atoms with Crippen molar-refractivity contribution in [1.82, 2.24) is 24.9 Å². The first-order chi connectivity index (χ1) is 14.1. The van der Waals surface area contributed by atoms with Gasteiger partial charge in [-0.15, -0.1) is 0 Å². The predicted octanol–water partition coefficient (Wildman–Crippen LogP) is 2.35. The van der Waals surface area contributed by atoms with Gasteiger partial charge in [0.1, 0.15) is 0 Å². The van der Waals surface area contributed by atoms with E-state index in [1.165, 1.54) is 0 Å². The van der Waals surface area contributed by atoms with Crippen molar-refractivity contribution in [2.45, 2.75) is 51.4 Å². The number of nitrogens with zero attached hydrogens (tertiary/aromatic N) is 5. The molecule has 0 spiro atoms. The van der Waals surface area contributed by atoms with E-state index in [1.54, 1.807) is 13.1 Å². The van der Waals surface area contributed by atoms with Crippen molar-refractivity contribution in [3.8, 4) is 0 Å². The van der Waals surface area contributed by atoms with Crippen molar-refractivity contribution >= 4 is 11.8 Å². The van der Waals surface area contributed by atoms with Crippen molar-refractivity contribution in [3.05, 3.63) is 41.3 Å². The van der Waals surface area contributed by atoms with Crippen LogP contribution in [0, 0.1) is 6.92 Å². The summed E-state index contributed by atoms with van der Waals surface area (Å²) >= 11 is 0. The van der Waals surface area contributed by atoms with Gasteiger partial charge in [0.2, 0.25) is 11.8 Å². The summed E-state index contributed by atoms with van der Waals surface area (Å²) in [5.41, 5.74) is 1.60. The van der Waals surface area contributed by atoms with Gasteiger partial charge in [-0.3, -0.25) is 14.6 Å². The second kappa shape index (κ2) is 8.71. The van der Waals surface area contributed by atoms with Crippen LogP contribution in [0.4, 0.5) is 0 Å². The lowest BCUT2D eigenvalue weighted by Crippen LogP contribution is -2.39. The fraction of sp³-hybridized carbons (Fsp3) is 0.571. The Morgan fingerprint density at radius 1 is 1.14 bits per heavy atom. The summed E-state index contributed by atoms with van der Waals surface area (Å²) in [6, 6.07) is 3.82. The number of aromatic nitrogens is 3. The number of amides is 2. The Bertz CT molecular complexity index is 857. The summed E-state index contributed by atoms with van der Waals surface area (Å²) in [4.78, 5) is 37.6. The lowest BCUT2D eigenvalue weighted by molar-refractivity contribution is -0.132. The summed E-state index contributed by atoms with van der Waals surface area (Å²) in [6.45, 7) is 4.87. The monoisotopic (exact) mass is 397 g/mol. The molecule has 2 aromatic rings. The van der Waals surface area contributed by atoms with E-state index in [-0.39, 0.29) is 17.7 Å². The molecule has 4 heterocycles. The van der Waals surface area contributed by atoms with Crippen LogP contribution in [0.2, 0.25) is 0 Å². The number of pyridine rings is 1. The van der Waals surface area contributed by atoms with Crippen LogP contribution < -0.4 is 0 Å². The van der Waals surface area contributed by atoms with Crippen LogP contribution in [0.5, 0.6) is 0 Å². The quantitative estimate of drug-likeness (QED) is 0.769. The first-order valence-electron chi connectivity index (χ1n) is 10.4. The van der Waals surface area contributed by atoms with Crippen LogP contribution >= 0.6 is 0 Å². The summed E-state index contributed by atoms with van der Waals surface area (Å²) in [5, 5.41) is 3.76. The van der Waals surface area contributed by atoms with Gasteiger partial charge in [0, 0.05) is 56.8 Å². The van der Waals surface area contributed by atoms with Crippen LogP contribution in [0.3, 0.4) is 0 Å². The Labute approximate surface area is 170 Å². The van der Waals surface area contributed by atoms with Gasteiger partial charge in [0.25, 0.3) is 5.91 Å². The molecular formula is C21H27N5O3. The minimum Gasteiger partial charge on any atom is -0.342 e. The zero-order chi connectivity index (χ0) is 20.2. The largest absolute Gasteiger partial charge is 0.342 e. The minimum absolute atomic E-state index is 0.0678. The smallest absolute Gasteiger partial charge is 0.255 e. The fourth-order valence-electron chi connectivity index (χ4n) is 4.13. The molecule has 8 nitrogen and oxygen atoms in total. The molecule has 0 N–H and O–H groups in total. The van der Waals surface area contributed by atoms with E-state index < -0.39 is 0 Å². The van der Waals surface area contributed by atoms with E-state index >= 15 is 0 Å². The molecule has 29 heavy (non-hydrogen) atoms. The van der Waals surface area contributed by atoms with E-state index in [1.807, 2.05) is 21.9 Å². The van der Waals surface area contributed by atoms with Gasteiger partial charge < -0.3 is 14.3 Å². The highest BCUT2D eigenvalue weighted by Crippen LogP contribution is 2.26. The van der Waals surface area contributed by atoms with Crippen molar-refractivity contribution in [1.29, 1.82) is 0 Å². The summed E-state index contributed by atoms with van der Waals surface area (Å²) in [6.07, 6.45) is 6.63. The average molecular weight is 397 g/mol. The Morgan fingerprint density at radius 2 is 1.93 bits per heavy atom. The fourth-order valence-corrected chi connectivity index (χ4v) is 4.13. The zero-order valence-corrected chi connectivity index (χ0v) is 16.8. The van der Waals surface area contributed by atoms with Gasteiger partial charge in [-0.2, -0.15) is 4.98 Å². The molecule has 2 aromatic heterocycles. The maximum Gasteiger partial charge on any atom is 0.255 e. The van der Waals surface area contributed by atoms with Crippen molar-refractivity contribution in [2.75, 3.05) is 26.2 Å². The number of likely N-dealkylation sites (tertiary alicyclic amines) is 2. The molecule has 0 aliphatic carbocycles. The van der Waals surface area contributed by atoms with E-state index in [9.17, 15) is 9.59 Å². The van der Waals surface area contributed by atoms with Gasteiger partial charge in [-0.25, -0.2) is 0 Å². The molecule has 2 fully saturated rings. The van der Waals surface area contributed by atoms with E-state index in [0.717, 1.165) is 51.0 Å². The van der Waals surface area contributed by atoms with Gasteiger partial charge in [-0.1, -0.05) is 5.16 Å². The standard InChI is InChI=1S/C21H27N5O3/c1-15-23-19(29-24-15)8-9-20(27)26-12-4-5-17(14-26)18-7-6-16(13-22-18)21(28)25-10-2-3-11-25/h6-7,13,17H,2-5,8-12,14H2,1H3. The molecule has 0 saturated carbocycles. The molecular weight excluding hydrogens is 370 g/mol. The van der Waals surface area contributed by atoms with Crippen LogP contribution in [0.25, 0.3) is 0 Å². The minimum atomic E-state index is 0.0678. The van der Waals surface area contributed by atoms with Gasteiger partial charge >= 0.3 is 0 Å². The number of carbonyl (C=O) groups is 2. The molecule has 2 aliphatic heterocycles. The Morgan fingerprint density at radius 3 is 2.62 bits per heavy atom. The van der Waals surface area contributed by atoms with E-state index in [0.29, 0.717) is 36.7 Å². The van der Waals surface area contributed by atoms with Crippen LogP contribution in [0.15, 0.2) is 22.9 Å². The first kappa shape index (κ1) is 19.5. The molecule has 0 bridgehead atoms. The molecule has 154 valence electrons. The summed E-state index contributed by atoms with van der Waals surface area (Å²) < 4.78 is 5.09. The highest BCUT2D eigenvalue weighted by atomic mass is 16.5.